The molecule has 0 aliphatic carbocycles. The van der Waals surface area contributed by atoms with E-state index in [1.54, 1.807) is 0 Å². The van der Waals surface area contributed by atoms with E-state index in [9.17, 15) is 4.79 Å². The van der Waals surface area contributed by atoms with Crippen LogP contribution in [0.15, 0.2) is 18.2 Å². The normalized spacial score (nSPS) is 24.6. The lowest BCUT2D eigenvalue weighted by atomic mass is 9.94. The molecule has 2 aliphatic heterocycles. The van der Waals surface area contributed by atoms with Crippen molar-refractivity contribution in [2.24, 2.45) is 0 Å². The average Bonchev–Trinajstić information content (AvgIpc) is 2.53. The fourth-order valence-electron chi connectivity index (χ4n) is 3.56. The summed E-state index contributed by atoms with van der Waals surface area (Å²) in [5, 5.41) is 7.15. The van der Waals surface area contributed by atoms with Gasteiger partial charge in [0.05, 0.1) is 6.54 Å². The fraction of sp³-hybridized carbons (Fsp3) is 0.650. The van der Waals surface area contributed by atoms with Crippen molar-refractivity contribution >= 4 is 5.97 Å². The van der Waals surface area contributed by atoms with Crippen LogP contribution in [0.3, 0.4) is 0 Å². The molecule has 3 rings (SSSR count). The van der Waals surface area contributed by atoms with Gasteiger partial charge in [0.25, 0.3) is 0 Å². The number of rotatable bonds is 3. The molecule has 5 heteroatoms. The molecule has 138 valence electrons. The summed E-state index contributed by atoms with van der Waals surface area (Å²) in [7, 11) is 0. The first kappa shape index (κ1) is 18.4. The zero-order chi connectivity index (χ0) is 18.0. The number of carbonyl (C=O) groups excluding carboxylic acids is 1. The summed E-state index contributed by atoms with van der Waals surface area (Å²) >= 11 is 0. The molecule has 1 aromatic carbocycles. The SMILES string of the molecule is CC1CNC(c2ccc3c(c2)CCN(CC(=O)OC(C)(C)C)C3)CN1. The quantitative estimate of drug-likeness (QED) is 0.821. The second-order valence-corrected chi connectivity index (χ2v) is 8.35. The van der Waals surface area contributed by atoms with Crippen LogP contribution >= 0.6 is 0 Å². The largest absolute Gasteiger partial charge is 0.459 e. The highest BCUT2D eigenvalue weighted by atomic mass is 16.6. The van der Waals surface area contributed by atoms with Gasteiger partial charge in [-0.15, -0.1) is 0 Å². The van der Waals surface area contributed by atoms with Crippen LogP contribution in [-0.2, 0) is 22.5 Å². The van der Waals surface area contributed by atoms with Crippen molar-refractivity contribution in [1.29, 1.82) is 0 Å². The second kappa shape index (κ2) is 7.44. The molecule has 5 nitrogen and oxygen atoms in total. The number of esters is 1. The van der Waals surface area contributed by atoms with Gasteiger partial charge in [-0.2, -0.15) is 0 Å². The molecular formula is C20H31N3O2. The van der Waals surface area contributed by atoms with E-state index >= 15 is 0 Å². The Bertz CT molecular complexity index is 616. The number of hydrogen-bond acceptors (Lipinski definition) is 5. The highest BCUT2D eigenvalue weighted by Crippen LogP contribution is 2.24. The molecule has 0 spiro atoms. The summed E-state index contributed by atoms with van der Waals surface area (Å²) < 4.78 is 5.44. The molecule has 0 radical (unpaired) electrons. The first-order valence-electron chi connectivity index (χ1n) is 9.33. The molecule has 2 aliphatic rings. The Balaban J connectivity index is 1.60. The van der Waals surface area contributed by atoms with Gasteiger partial charge in [-0.25, -0.2) is 0 Å². The number of fused-ring (bicyclic) bond motifs is 1. The molecule has 2 heterocycles. The molecule has 0 aromatic heterocycles. The van der Waals surface area contributed by atoms with Crippen LogP contribution in [0.25, 0.3) is 0 Å². The smallest absolute Gasteiger partial charge is 0.320 e. The van der Waals surface area contributed by atoms with E-state index in [1.165, 1.54) is 16.7 Å². The van der Waals surface area contributed by atoms with E-state index in [0.29, 0.717) is 18.6 Å². The Hall–Kier alpha value is -1.43. The Morgan fingerprint density at radius 3 is 2.72 bits per heavy atom. The predicted molar refractivity (Wildman–Crippen MR) is 99.5 cm³/mol. The van der Waals surface area contributed by atoms with Crippen LogP contribution in [0.1, 0.15) is 50.4 Å². The van der Waals surface area contributed by atoms with Gasteiger partial charge in [-0.1, -0.05) is 18.2 Å². The van der Waals surface area contributed by atoms with E-state index in [1.807, 2.05) is 20.8 Å². The van der Waals surface area contributed by atoms with E-state index < -0.39 is 5.60 Å². The van der Waals surface area contributed by atoms with E-state index in [-0.39, 0.29) is 5.97 Å². The van der Waals surface area contributed by atoms with Crippen LogP contribution in [0.2, 0.25) is 0 Å². The van der Waals surface area contributed by atoms with Gasteiger partial charge in [0, 0.05) is 38.3 Å². The van der Waals surface area contributed by atoms with Crippen molar-refractivity contribution in [2.45, 2.75) is 58.3 Å². The third-order valence-corrected chi connectivity index (χ3v) is 4.84. The topological polar surface area (TPSA) is 53.6 Å². The van der Waals surface area contributed by atoms with Gasteiger partial charge in [0.1, 0.15) is 5.60 Å². The molecule has 1 saturated heterocycles. The van der Waals surface area contributed by atoms with E-state index in [0.717, 1.165) is 32.6 Å². The van der Waals surface area contributed by atoms with Crippen LogP contribution in [0.5, 0.6) is 0 Å². The minimum absolute atomic E-state index is 0.140. The highest BCUT2D eigenvalue weighted by molar-refractivity contribution is 5.72. The van der Waals surface area contributed by atoms with E-state index in [2.05, 4.69) is 40.7 Å². The summed E-state index contributed by atoms with van der Waals surface area (Å²) in [5.74, 6) is -0.140. The Morgan fingerprint density at radius 1 is 1.24 bits per heavy atom. The van der Waals surface area contributed by atoms with Gasteiger partial charge in [0.15, 0.2) is 0 Å². The number of carbonyl (C=O) groups is 1. The summed E-state index contributed by atoms with van der Waals surface area (Å²) in [6, 6.07) is 7.73. The maximum absolute atomic E-state index is 12.0. The van der Waals surface area contributed by atoms with Crippen LogP contribution in [-0.4, -0.2) is 48.7 Å². The van der Waals surface area contributed by atoms with Gasteiger partial charge < -0.3 is 15.4 Å². The second-order valence-electron chi connectivity index (χ2n) is 8.35. The lowest BCUT2D eigenvalue weighted by molar-refractivity contribution is -0.156. The van der Waals surface area contributed by atoms with Crippen molar-refractivity contribution < 1.29 is 9.53 Å². The molecule has 0 amide bonds. The molecule has 25 heavy (non-hydrogen) atoms. The molecule has 2 N–H and O–H groups in total. The summed E-state index contributed by atoms with van der Waals surface area (Å²) in [6.07, 6.45) is 0.989. The maximum Gasteiger partial charge on any atom is 0.320 e. The minimum atomic E-state index is -0.418. The Kier molecular flexibility index (Phi) is 5.46. The van der Waals surface area contributed by atoms with E-state index in [4.69, 9.17) is 4.74 Å². The maximum atomic E-state index is 12.0. The van der Waals surface area contributed by atoms with Crippen molar-refractivity contribution in [3.05, 3.63) is 34.9 Å². The summed E-state index contributed by atoms with van der Waals surface area (Å²) in [6.45, 7) is 12.0. The highest BCUT2D eigenvalue weighted by Gasteiger charge is 2.24. The van der Waals surface area contributed by atoms with Crippen LogP contribution in [0, 0.1) is 0 Å². The zero-order valence-electron chi connectivity index (χ0n) is 15.9. The zero-order valence-corrected chi connectivity index (χ0v) is 15.9. The molecular weight excluding hydrogens is 314 g/mol. The third kappa shape index (κ3) is 5.03. The Morgan fingerprint density at radius 2 is 2.04 bits per heavy atom. The first-order valence-corrected chi connectivity index (χ1v) is 9.33. The number of nitrogens with one attached hydrogen (secondary N) is 2. The Labute approximate surface area is 151 Å². The van der Waals surface area contributed by atoms with Crippen LogP contribution in [0.4, 0.5) is 0 Å². The predicted octanol–water partition coefficient (Wildman–Crippen LogP) is 2.01. The molecule has 0 saturated carbocycles. The number of benzene rings is 1. The van der Waals surface area contributed by atoms with Crippen molar-refractivity contribution in [1.82, 2.24) is 15.5 Å². The van der Waals surface area contributed by atoms with Crippen molar-refractivity contribution in [3.8, 4) is 0 Å². The fourth-order valence-corrected chi connectivity index (χ4v) is 3.56. The average molecular weight is 345 g/mol. The van der Waals surface area contributed by atoms with Gasteiger partial charge in [-0.05, 0) is 50.8 Å². The lowest BCUT2D eigenvalue weighted by Crippen LogP contribution is -2.48. The van der Waals surface area contributed by atoms with Gasteiger partial charge >= 0.3 is 5.97 Å². The van der Waals surface area contributed by atoms with Gasteiger partial charge in [-0.3, -0.25) is 9.69 Å². The molecule has 1 aromatic rings. The van der Waals surface area contributed by atoms with Crippen LogP contribution < -0.4 is 10.6 Å². The molecule has 0 bridgehead atoms. The third-order valence-electron chi connectivity index (χ3n) is 4.84. The molecule has 2 unspecified atom stereocenters. The minimum Gasteiger partial charge on any atom is -0.459 e. The number of piperazine rings is 1. The first-order chi connectivity index (χ1) is 11.8. The van der Waals surface area contributed by atoms with Gasteiger partial charge in [0.2, 0.25) is 0 Å². The number of nitrogens with zero attached hydrogens (tertiary/aromatic N) is 1. The van der Waals surface area contributed by atoms with Crippen molar-refractivity contribution in [3.63, 3.8) is 0 Å². The molecule has 1 fully saturated rings. The monoisotopic (exact) mass is 345 g/mol. The standard InChI is InChI=1S/C20H31N3O2/c1-14-10-22-18(11-21-14)16-5-6-17-12-23(8-7-15(17)9-16)13-19(24)25-20(2,3)4/h5-6,9,14,18,21-22H,7-8,10-13H2,1-4H3. The number of ether oxygens (including phenoxy) is 1. The van der Waals surface area contributed by atoms with Crippen molar-refractivity contribution in [2.75, 3.05) is 26.2 Å². The summed E-state index contributed by atoms with van der Waals surface area (Å²) in [4.78, 5) is 14.2. The number of hydrogen-bond donors (Lipinski definition) is 2. The lowest BCUT2D eigenvalue weighted by Gasteiger charge is -2.32. The summed E-state index contributed by atoms with van der Waals surface area (Å²) in [5.41, 5.74) is 3.69. The molecule has 2 atom stereocenters.